The summed E-state index contributed by atoms with van der Waals surface area (Å²) in [5.41, 5.74) is 0. The molecule has 0 rings (SSSR count). The third-order valence-corrected chi connectivity index (χ3v) is 12.0. The molecule has 2 atom stereocenters. The number of likely N-dealkylation sites (N-methyl/N-ethyl adjacent to an activating group) is 1. The number of hydrogen-bond donors (Lipinski definition) is 0. The van der Waals surface area contributed by atoms with Crippen molar-refractivity contribution in [1.82, 2.24) is 0 Å². The second-order valence-corrected chi connectivity index (χ2v) is 19.9. The summed E-state index contributed by atoms with van der Waals surface area (Å²) in [6.45, 7) is 4.72. The van der Waals surface area contributed by atoms with Crippen LogP contribution in [0.15, 0.2) is 48.6 Å². The molecule has 0 saturated heterocycles. The first-order chi connectivity index (χ1) is 32.6. The fraction of sp³-hybridized carbons (Fsp3) is 0.810. The van der Waals surface area contributed by atoms with Crippen LogP contribution in [0.4, 0.5) is 0 Å². The predicted molar refractivity (Wildman–Crippen MR) is 279 cm³/mol. The van der Waals surface area contributed by atoms with Crippen molar-refractivity contribution in [2.75, 3.05) is 47.5 Å². The Bertz CT molecular complexity index is 1240. The van der Waals surface area contributed by atoms with Crippen molar-refractivity contribution >= 4 is 17.9 Å². The molecule has 2 unspecified atom stereocenters. The average Bonchev–Trinajstić information content (AvgIpc) is 3.29. The first-order valence-electron chi connectivity index (χ1n) is 27.8. The maximum atomic E-state index is 12.8. The molecule has 390 valence electrons. The molecule has 0 aromatic carbocycles. The number of carbonyl (C=O) groups is 3. The van der Waals surface area contributed by atoms with Gasteiger partial charge in [-0.25, -0.2) is 0 Å². The minimum atomic E-state index is -1.62. The van der Waals surface area contributed by atoms with Crippen LogP contribution in [-0.2, 0) is 33.3 Å². The summed E-state index contributed by atoms with van der Waals surface area (Å²) in [6.07, 6.45) is 57.2. The van der Waals surface area contributed by atoms with E-state index in [1.54, 1.807) is 0 Å². The molecule has 0 fully saturated rings. The number of hydrogen-bond acceptors (Lipinski definition) is 8. The van der Waals surface area contributed by atoms with Gasteiger partial charge in [-0.15, -0.1) is 0 Å². The van der Waals surface area contributed by atoms with Gasteiger partial charge in [-0.3, -0.25) is 9.59 Å². The molecular formula is C58H105NO8. The Morgan fingerprint density at radius 3 is 1.21 bits per heavy atom. The molecule has 0 aliphatic heterocycles. The van der Waals surface area contributed by atoms with Crippen LogP contribution in [0.3, 0.4) is 0 Å². The lowest BCUT2D eigenvalue weighted by Crippen LogP contribution is -2.44. The lowest BCUT2D eigenvalue weighted by atomic mass is 10.0. The van der Waals surface area contributed by atoms with Crippen molar-refractivity contribution < 1.29 is 42.9 Å². The number of esters is 2. The second-order valence-electron chi connectivity index (χ2n) is 19.9. The number of ether oxygens (including phenoxy) is 4. The van der Waals surface area contributed by atoms with Crippen molar-refractivity contribution in [1.29, 1.82) is 0 Å². The van der Waals surface area contributed by atoms with Gasteiger partial charge >= 0.3 is 11.9 Å². The van der Waals surface area contributed by atoms with E-state index in [-0.39, 0.29) is 38.6 Å². The van der Waals surface area contributed by atoms with E-state index in [2.05, 4.69) is 62.5 Å². The minimum Gasteiger partial charge on any atom is -0.545 e. The predicted octanol–water partition coefficient (Wildman–Crippen LogP) is 14.6. The Labute approximate surface area is 412 Å². The van der Waals surface area contributed by atoms with Gasteiger partial charge in [0.1, 0.15) is 13.2 Å². The second kappa shape index (κ2) is 49.7. The van der Waals surface area contributed by atoms with Crippen LogP contribution in [-0.4, -0.2) is 82.3 Å². The lowest BCUT2D eigenvalue weighted by Gasteiger charge is -2.26. The molecule has 0 amide bonds. The van der Waals surface area contributed by atoms with Crippen LogP contribution in [0.1, 0.15) is 245 Å². The van der Waals surface area contributed by atoms with Crippen LogP contribution in [0.2, 0.25) is 0 Å². The van der Waals surface area contributed by atoms with Gasteiger partial charge in [0, 0.05) is 12.8 Å². The standard InChI is InChI=1S/C58H105NO8/c1-6-8-10-12-14-16-18-20-22-24-25-26-27-28-29-30-31-33-35-37-39-41-43-45-47-49-56(61)67-54(53-66-58(57(62)63)64-51-50-59(3,4)5)52-65-55(60)48-46-44-42-40-38-36-34-32-23-21-19-17-15-13-11-9-7-2/h15,17-18,20-21,23-25,54,58H,6-14,16,19,22,26-53H2,1-5H3/b17-15-,20-18-,23-21-,25-24-. The van der Waals surface area contributed by atoms with Gasteiger partial charge in [0.15, 0.2) is 12.4 Å². The molecule has 0 N–H and O–H groups in total. The van der Waals surface area contributed by atoms with Crippen molar-refractivity contribution in [2.45, 2.75) is 257 Å². The lowest BCUT2D eigenvalue weighted by molar-refractivity contribution is -0.870. The first-order valence-corrected chi connectivity index (χ1v) is 27.8. The van der Waals surface area contributed by atoms with E-state index >= 15 is 0 Å². The summed E-state index contributed by atoms with van der Waals surface area (Å²) >= 11 is 0. The number of carboxylic acid groups (broad SMARTS) is 1. The van der Waals surface area contributed by atoms with E-state index in [9.17, 15) is 19.5 Å². The number of unbranched alkanes of at least 4 members (excludes halogenated alkanes) is 28. The Morgan fingerprint density at radius 1 is 0.448 bits per heavy atom. The molecule has 0 aliphatic carbocycles. The van der Waals surface area contributed by atoms with E-state index in [1.165, 1.54) is 148 Å². The van der Waals surface area contributed by atoms with Crippen LogP contribution in [0, 0.1) is 0 Å². The van der Waals surface area contributed by atoms with Crippen LogP contribution in [0.25, 0.3) is 0 Å². The number of nitrogens with zero attached hydrogens (tertiary/aromatic N) is 1. The maximum absolute atomic E-state index is 12.8. The Morgan fingerprint density at radius 2 is 0.806 bits per heavy atom. The molecule has 0 heterocycles. The molecule has 0 saturated carbocycles. The fourth-order valence-corrected chi connectivity index (χ4v) is 7.71. The summed E-state index contributed by atoms with van der Waals surface area (Å²) in [7, 11) is 5.92. The largest absolute Gasteiger partial charge is 0.545 e. The van der Waals surface area contributed by atoms with Gasteiger partial charge in [0.05, 0.1) is 40.3 Å². The maximum Gasteiger partial charge on any atom is 0.306 e. The highest BCUT2D eigenvalue weighted by molar-refractivity contribution is 5.70. The molecule has 0 aromatic heterocycles. The SMILES string of the molecule is CCCCC/C=C\C/C=C\CCCCCCCCCC(=O)OCC(COC(OCC[N+](C)(C)C)C(=O)[O-])OC(=O)CCCCCCCCCCCCCCC/C=C\C/C=C\CCCCCCC. The number of allylic oxidation sites excluding steroid dienone is 8. The topological polar surface area (TPSA) is 111 Å². The average molecular weight is 944 g/mol. The highest BCUT2D eigenvalue weighted by Gasteiger charge is 2.22. The monoisotopic (exact) mass is 944 g/mol. The Kier molecular flexibility index (Phi) is 47.6. The van der Waals surface area contributed by atoms with E-state index in [0.29, 0.717) is 17.4 Å². The van der Waals surface area contributed by atoms with Crippen molar-refractivity contribution in [3.05, 3.63) is 48.6 Å². The summed E-state index contributed by atoms with van der Waals surface area (Å²) in [5.74, 6) is -2.29. The quantitative estimate of drug-likeness (QED) is 0.0195. The third-order valence-electron chi connectivity index (χ3n) is 12.0. The molecule has 0 spiro atoms. The molecule has 67 heavy (non-hydrogen) atoms. The van der Waals surface area contributed by atoms with E-state index < -0.39 is 24.3 Å². The molecule has 0 aliphatic rings. The summed E-state index contributed by atoms with van der Waals surface area (Å²) in [6, 6.07) is 0. The normalized spacial score (nSPS) is 13.1. The van der Waals surface area contributed by atoms with Crippen molar-refractivity contribution in [3.8, 4) is 0 Å². The van der Waals surface area contributed by atoms with Gasteiger partial charge in [-0.05, 0) is 77.0 Å². The number of quaternary nitrogens is 1. The summed E-state index contributed by atoms with van der Waals surface area (Å²) < 4.78 is 22.7. The Balaban J connectivity index is 4.26. The highest BCUT2D eigenvalue weighted by Crippen LogP contribution is 2.16. The third kappa shape index (κ3) is 50.9. The zero-order valence-corrected chi connectivity index (χ0v) is 44.3. The molecule has 0 radical (unpaired) electrons. The van der Waals surface area contributed by atoms with Gasteiger partial charge in [0.25, 0.3) is 0 Å². The molecule has 0 bridgehead atoms. The number of carboxylic acids is 1. The fourth-order valence-electron chi connectivity index (χ4n) is 7.71. The Hall–Kier alpha value is -2.75. The zero-order valence-electron chi connectivity index (χ0n) is 44.3. The van der Waals surface area contributed by atoms with Crippen LogP contribution in [0.5, 0.6) is 0 Å². The highest BCUT2D eigenvalue weighted by atomic mass is 16.7. The van der Waals surface area contributed by atoms with Crippen LogP contribution < -0.4 is 5.11 Å². The smallest absolute Gasteiger partial charge is 0.306 e. The summed E-state index contributed by atoms with van der Waals surface area (Å²) in [5, 5.41) is 11.8. The zero-order chi connectivity index (χ0) is 49.2. The van der Waals surface area contributed by atoms with E-state index in [1.807, 2.05) is 21.1 Å². The van der Waals surface area contributed by atoms with Gasteiger partial charge < -0.3 is 33.3 Å². The number of aliphatic carboxylic acids is 1. The molecule has 0 aromatic rings. The van der Waals surface area contributed by atoms with Crippen molar-refractivity contribution in [2.24, 2.45) is 0 Å². The van der Waals surface area contributed by atoms with E-state index in [0.717, 1.165) is 64.2 Å². The number of rotatable bonds is 51. The molecular weight excluding hydrogens is 839 g/mol. The minimum absolute atomic E-state index is 0.146. The molecule has 9 heteroatoms. The van der Waals surface area contributed by atoms with Gasteiger partial charge in [-0.2, -0.15) is 0 Å². The van der Waals surface area contributed by atoms with Crippen LogP contribution >= 0.6 is 0 Å². The first kappa shape index (κ1) is 64.2. The molecule has 9 nitrogen and oxygen atoms in total. The van der Waals surface area contributed by atoms with Gasteiger partial charge in [0.2, 0.25) is 0 Å². The number of carbonyl (C=O) groups excluding carboxylic acids is 3. The van der Waals surface area contributed by atoms with Gasteiger partial charge in [-0.1, -0.05) is 204 Å². The van der Waals surface area contributed by atoms with Crippen molar-refractivity contribution in [3.63, 3.8) is 0 Å². The summed E-state index contributed by atoms with van der Waals surface area (Å²) in [4.78, 5) is 37.2. The van der Waals surface area contributed by atoms with E-state index in [4.69, 9.17) is 18.9 Å².